The summed E-state index contributed by atoms with van der Waals surface area (Å²) in [5.74, 6) is 0.0276. The molecule has 0 saturated heterocycles. The Morgan fingerprint density at radius 3 is 2.94 bits per heavy atom. The lowest BCUT2D eigenvalue weighted by Gasteiger charge is -2.20. The van der Waals surface area contributed by atoms with Gasteiger partial charge >= 0.3 is 0 Å². The van der Waals surface area contributed by atoms with Gasteiger partial charge in [0.1, 0.15) is 6.04 Å². The Labute approximate surface area is 99.2 Å². The molecular weight excluding hydrogens is 212 g/mol. The van der Waals surface area contributed by atoms with Crippen molar-refractivity contribution in [2.24, 2.45) is 0 Å². The lowest BCUT2D eigenvalue weighted by molar-refractivity contribution is -0.114. The second kappa shape index (κ2) is 3.70. The summed E-state index contributed by atoms with van der Waals surface area (Å²) < 4.78 is 0. The largest absolute Gasteiger partial charge is 0.365 e. The van der Waals surface area contributed by atoms with Gasteiger partial charge in [-0.25, -0.2) is 0 Å². The molecule has 1 radical (unpaired) electrons. The maximum atomic E-state index is 11.4. The SMILES string of the molecule is CC(=O)[C]1C=Cc2ccc3cccnc3c2N1. The van der Waals surface area contributed by atoms with E-state index in [0.717, 1.165) is 22.2 Å². The average molecular weight is 223 g/mol. The minimum atomic E-state index is 0.0276. The number of carbonyl (C=O) groups excluding carboxylic acids is 1. The number of ketones is 1. The summed E-state index contributed by atoms with van der Waals surface area (Å²) in [5, 5.41) is 4.22. The Hall–Kier alpha value is -2.16. The molecule has 0 saturated carbocycles. The Morgan fingerprint density at radius 2 is 2.12 bits per heavy atom. The van der Waals surface area contributed by atoms with Crippen LogP contribution >= 0.6 is 0 Å². The lowest BCUT2D eigenvalue weighted by Crippen LogP contribution is -2.19. The van der Waals surface area contributed by atoms with E-state index in [-0.39, 0.29) is 5.78 Å². The fourth-order valence-electron chi connectivity index (χ4n) is 1.99. The Bertz CT molecular complexity index is 631. The summed E-state index contributed by atoms with van der Waals surface area (Å²) in [4.78, 5) is 15.7. The van der Waals surface area contributed by atoms with Gasteiger partial charge in [-0.1, -0.05) is 24.3 Å². The molecule has 0 atom stereocenters. The molecular formula is C14H11N2O. The quantitative estimate of drug-likeness (QED) is 0.808. The number of pyridine rings is 1. The first kappa shape index (κ1) is 10.0. The highest BCUT2D eigenvalue weighted by atomic mass is 16.1. The highest BCUT2D eigenvalue weighted by Crippen LogP contribution is 2.32. The standard InChI is InChI=1S/C14H11N2O/c1-9(17)12-7-6-11-5-4-10-3-2-8-15-13(10)14(11)16-12/h2-8,16H,1H3. The van der Waals surface area contributed by atoms with Crippen LogP contribution in [0.25, 0.3) is 17.0 Å². The molecule has 3 rings (SSSR count). The molecule has 0 bridgehead atoms. The average Bonchev–Trinajstić information content (AvgIpc) is 2.38. The van der Waals surface area contributed by atoms with Crippen molar-refractivity contribution in [3.63, 3.8) is 0 Å². The van der Waals surface area contributed by atoms with Gasteiger partial charge in [-0.15, -0.1) is 0 Å². The Morgan fingerprint density at radius 1 is 1.24 bits per heavy atom. The van der Waals surface area contributed by atoms with Crippen LogP contribution in [0.3, 0.4) is 0 Å². The van der Waals surface area contributed by atoms with Crippen LogP contribution in [0.4, 0.5) is 5.69 Å². The third-order valence-electron chi connectivity index (χ3n) is 2.88. The maximum Gasteiger partial charge on any atom is 0.162 e. The number of nitrogens with one attached hydrogen (secondary N) is 1. The van der Waals surface area contributed by atoms with Gasteiger partial charge in [0.15, 0.2) is 5.78 Å². The van der Waals surface area contributed by atoms with Crippen LogP contribution in [0.1, 0.15) is 12.5 Å². The van der Waals surface area contributed by atoms with Gasteiger partial charge in [-0.05, 0) is 24.6 Å². The normalized spacial score (nSPS) is 14.4. The van der Waals surface area contributed by atoms with Crippen LogP contribution < -0.4 is 5.32 Å². The van der Waals surface area contributed by atoms with E-state index in [9.17, 15) is 4.79 Å². The summed E-state index contributed by atoms with van der Waals surface area (Å²) in [7, 11) is 0. The molecule has 3 nitrogen and oxygen atoms in total. The first-order chi connectivity index (χ1) is 8.25. The summed E-state index contributed by atoms with van der Waals surface area (Å²) >= 11 is 0. The number of fused-ring (bicyclic) bond motifs is 3. The zero-order chi connectivity index (χ0) is 11.8. The second-order valence-electron chi connectivity index (χ2n) is 4.03. The van der Waals surface area contributed by atoms with E-state index < -0.39 is 0 Å². The van der Waals surface area contributed by atoms with E-state index in [4.69, 9.17) is 0 Å². The lowest BCUT2D eigenvalue weighted by atomic mass is 10.0. The van der Waals surface area contributed by atoms with Crippen molar-refractivity contribution >= 4 is 28.4 Å². The Balaban J connectivity index is 2.21. The van der Waals surface area contributed by atoms with Gasteiger partial charge in [0.2, 0.25) is 0 Å². The molecule has 1 aliphatic rings. The van der Waals surface area contributed by atoms with Gasteiger partial charge < -0.3 is 5.32 Å². The number of benzene rings is 1. The predicted molar refractivity (Wildman–Crippen MR) is 68.3 cm³/mol. The van der Waals surface area contributed by atoms with Crippen molar-refractivity contribution in [2.75, 3.05) is 5.32 Å². The topological polar surface area (TPSA) is 42.0 Å². The number of nitrogens with zero attached hydrogens (tertiary/aromatic N) is 1. The van der Waals surface area contributed by atoms with Crippen molar-refractivity contribution in [1.29, 1.82) is 0 Å². The number of carbonyl (C=O) groups is 1. The molecule has 17 heavy (non-hydrogen) atoms. The van der Waals surface area contributed by atoms with E-state index in [2.05, 4.69) is 10.3 Å². The summed E-state index contributed by atoms with van der Waals surface area (Å²) in [6.45, 7) is 1.55. The summed E-state index contributed by atoms with van der Waals surface area (Å²) in [5.41, 5.74) is 2.87. The molecule has 83 valence electrons. The van der Waals surface area contributed by atoms with Crippen LogP contribution in [0.5, 0.6) is 0 Å². The van der Waals surface area contributed by atoms with Crippen LogP contribution in [-0.4, -0.2) is 10.8 Å². The summed E-state index contributed by atoms with van der Waals surface area (Å²) in [6, 6.07) is 8.58. The molecule has 0 amide bonds. The number of hydrogen-bond acceptors (Lipinski definition) is 3. The molecule has 2 aromatic rings. The van der Waals surface area contributed by atoms with Crippen LogP contribution in [0.2, 0.25) is 0 Å². The second-order valence-corrected chi connectivity index (χ2v) is 4.03. The maximum absolute atomic E-state index is 11.4. The van der Waals surface area contributed by atoms with E-state index in [1.54, 1.807) is 19.2 Å². The van der Waals surface area contributed by atoms with Gasteiger partial charge in [-0.3, -0.25) is 9.78 Å². The fourth-order valence-corrected chi connectivity index (χ4v) is 1.99. The molecule has 1 aliphatic heterocycles. The highest BCUT2D eigenvalue weighted by Gasteiger charge is 2.19. The van der Waals surface area contributed by atoms with Crippen LogP contribution in [0, 0.1) is 6.04 Å². The minimum Gasteiger partial charge on any atom is -0.365 e. The molecule has 0 aliphatic carbocycles. The Kier molecular flexibility index (Phi) is 2.18. The summed E-state index contributed by atoms with van der Waals surface area (Å²) in [6.07, 6.45) is 5.51. The first-order valence-corrected chi connectivity index (χ1v) is 5.46. The highest BCUT2D eigenvalue weighted by molar-refractivity contribution is 6.04. The molecule has 2 heterocycles. The van der Waals surface area contributed by atoms with Crippen LogP contribution in [0.15, 0.2) is 36.5 Å². The molecule has 1 aromatic carbocycles. The number of rotatable bonds is 1. The first-order valence-electron chi connectivity index (χ1n) is 5.46. The number of hydrogen-bond donors (Lipinski definition) is 1. The molecule has 0 spiro atoms. The van der Waals surface area contributed by atoms with Gasteiger partial charge in [0.25, 0.3) is 0 Å². The molecule has 0 fully saturated rings. The number of Topliss-reactive ketones (excluding diaryl/α,β-unsaturated/α-hetero) is 1. The van der Waals surface area contributed by atoms with E-state index in [1.807, 2.05) is 30.3 Å². The zero-order valence-corrected chi connectivity index (χ0v) is 9.40. The van der Waals surface area contributed by atoms with Gasteiger partial charge in [0.05, 0.1) is 11.2 Å². The van der Waals surface area contributed by atoms with E-state index in [0.29, 0.717) is 6.04 Å². The van der Waals surface area contributed by atoms with E-state index in [1.165, 1.54) is 0 Å². The third-order valence-corrected chi connectivity index (χ3v) is 2.88. The number of anilines is 1. The zero-order valence-electron chi connectivity index (χ0n) is 9.40. The third kappa shape index (κ3) is 1.60. The van der Waals surface area contributed by atoms with Crippen molar-refractivity contribution in [3.05, 3.63) is 48.1 Å². The fraction of sp³-hybridized carbons (Fsp3) is 0.0714. The van der Waals surface area contributed by atoms with Crippen molar-refractivity contribution in [1.82, 2.24) is 4.98 Å². The minimum absolute atomic E-state index is 0.0276. The van der Waals surface area contributed by atoms with Gasteiger partial charge in [-0.2, -0.15) is 0 Å². The van der Waals surface area contributed by atoms with Crippen molar-refractivity contribution < 1.29 is 4.79 Å². The van der Waals surface area contributed by atoms with Crippen molar-refractivity contribution in [2.45, 2.75) is 6.92 Å². The monoisotopic (exact) mass is 223 g/mol. The van der Waals surface area contributed by atoms with Crippen molar-refractivity contribution in [3.8, 4) is 0 Å². The molecule has 0 unspecified atom stereocenters. The molecule has 3 heteroatoms. The molecule has 1 N–H and O–H groups in total. The number of aromatic nitrogens is 1. The van der Waals surface area contributed by atoms with E-state index >= 15 is 0 Å². The predicted octanol–water partition coefficient (Wildman–Crippen LogP) is 2.79. The van der Waals surface area contributed by atoms with Gasteiger partial charge in [0, 0.05) is 11.6 Å². The van der Waals surface area contributed by atoms with Crippen LogP contribution in [-0.2, 0) is 4.79 Å². The molecule has 1 aromatic heterocycles. The smallest absolute Gasteiger partial charge is 0.162 e.